The first-order valence-electron chi connectivity index (χ1n) is 8.29. The third kappa shape index (κ3) is 5.85. The standard InChI is InChI=1S/C20H14Br2Cl2N2O3/c1-11-2-5-18(29-11)20(27)26-25-9-12-6-15(21)19(16(22)7-12)28-10-13-3-4-14(23)8-17(13)24/h2-9H,10H2,1H3,(H,26,27)/b25-9-. The molecule has 3 rings (SSSR count). The van der Waals surface area contributed by atoms with E-state index < -0.39 is 5.91 Å². The summed E-state index contributed by atoms with van der Waals surface area (Å²) >= 11 is 19.1. The highest BCUT2D eigenvalue weighted by Crippen LogP contribution is 2.35. The SMILES string of the molecule is Cc1ccc(C(=O)N/N=C\c2cc(Br)c(OCc3ccc(Cl)cc3Cl)c(Br)c2)o1. The molecule has 0 aliphatic carbocycles. The molecule has 0 atom stereocenters. The molecule has 0 saturated carbocycles. The molecule has 0 saturated heterocycles. The van der Waals surface area contributed by atoms with Crippen LogP contribution in [0.25, 0.3) is 0 Å². The van der Waals surface area contributed by atoms with Crippen molar-refractivity contribution in [3.8, 4) is 5.75 Å². The highest BCUT2D eigenvalue weighted by molar-refractivity contribution is 9.11. The molecule has 1 aromatic heterocycles. The van der Waals surface area contributed by atoms with Crippen molar-refractivity contribution in [3.05, 3.63) is 84.1 Å². The minimum atomic E-state index is -0.424. The van der Waals surface area contributed by atoms with Gasteiger partial charge in [-0.3, -0.25) is 4.79 Å². The van der Waals surface area contributed by atoms with Gasteiger partial charge in [0.1, 0.15) is 18.1 Å². The van der Waals surface area contributed by atoms with Gasteiger partial charge in [-0.25, -0.2) is 5.43 Å². The Morgan fingerprint density at radius 1 is 1.17 bits per heavy atom. The van der Waals surface area contributed by atoms with E-state index in [9.17, 15) is 4.79 Å². The first kappa shape index (κ1) is 21.9. The van der Waals surface area contributed by atoms with E-state index >= 15 is 0 Å². The summed E-state index contributed by atoms with van der Waals surface area (Å²) in [4.78, 5) is 11.9. The lowest BCUT2D eigenvalue weighted by atomic mass is 10.2. The Balaban J connectivity index is 1.66. The minimum absolute atomic E-state index is 0.201. The van der Waals surface area contributed by atoms with Gasteiger partial charge in [0.05, 0.1) is 15.2 Å². The maximum Gasteiger partial charge on any atom is 0.307 e. The van der Waals surface area contributed by atoms with Crippen LogP contribution in [0.5, 0.6) is 5.75 Å². The van der Waals surface area contributed by atoms with Crippen molar-refractivity contribution in [2.24, 2.45) is 5.10 Å². The number of hydrazone groups is 1. The van der Waals surface area contributed by atoms with Gasteiger partial charge in [0.25, 0.3) is 0 Å². The zero-order valence-corrected chi connectivity index (χ0v) is 19.7. The second kappa shape index (κ2) is 9.80. The molecule has 0 fully saturated rings. The molecule has 29 heavy (non-hydrogen) atoms. The fourth-order valence-corrected chi connectivity index (χ4v) is 4.27. The summed E-state index contributed by atoms with van der Waals surface area (Å²) in [5.74, 6) is 1.05. The van der Waals surface area contributed by atoms with Crippen LogP contribution in [-0.2, 0) is 6.61 Å². The molecule has 150 valence electrons. The van der Waals surface area contributed by atoms with Gasteiger partial charge in [0.2, 0.25) is 0 Å². The molecule has 0 aliphatic rings. The zero-order valence-electron chi connectivity index (χ0n) is 15.0. The van der Waals surface area contributed by atoms with E-state index in [0.29, 0.717) is 30.5 Å². The number of benzene rings is 2. The summed E-state index contributed by atoms with van der Waals surface area (Å²) in [7, 11) is 0. The summed E-state index contributed by atoms with van der Waals surface area (Å²) in [6.07, 6.45) is 1.52. The minimum Gasteiger partial charge on any atom is -0.486 e. The number of furan rings is 1. The largest absolute Gasteiger partial charge is 0.486 e. The topological polar surface area (TPSA) is 63.8 Å². The van der Waals surface area contributed by atoms with E-state index in [1.165, 1.54) is 6.21 Å². The molecule has 5 nitrogen and oxygen atoms in total. The molecule has 0 radical (unpaired) electrons. The molecular weight excluding hydrogens is 547 g/mol. The van der Waals surface area contributed by atoms with Gasteiger partial charge in [0, 0.05) is 15.6 Å². The Kier molecular flexibility index (Phi) is 7.40. The number of carbonyl (C=O) groups is 1. The predicted octanol–water partition coefficient (Wildman–Crippen LogP) is 6.76. The number of nitrogens with one attached hydrogen (secondary N) is 1. The van der Waals surface area contributed by atoms with Gasteiger partial charge in [-0.2, -0.15) is 5.10 Å². The number of halogens is 4. The van der Waals surface area contributed by atoms with Gasteiger partial charge in [-0.15, -0.1) is 0 Å². The fraction of sp³-hybridized carbons (Fsp3) is 0.100. The van der Waals surface area contributed by atoms with Crippen LogP contribution in [0.1, 0.15) is 27.4 Å². The van der Waals surface area contributed by atoms with Gasteiger partial charge in [0.15, 0.2) is 5.76 Å². The van der Waals surface area contributed by atoms with E-state index in [2.05, 4.69) is 42.4 Å². The van der Waals surface area contributed by atoms with Crippen molar-refractivity contribution in [1.82, 2.24) is 5.43 Å². The molecule has 0 bridgehead atoms. The lowest BCUT2D eigenvalue weighted by Gasteiger charge is -2.12. The van der Waals surface area contributed by atoms with Gasteiger partial charge >= 0.3 is 5.91 Å². The lowest BCUT2D eigenvalue weighted by molar-refractivity contribution is 0.0926. The Bertz CT molecular complexity index is 1060. The van der Waals surface area contributed by atoms with Crippen LogP contribution in [0.4, 0.5) is 0 Å². The first-order valence-corrected chi connectivity index (χ1v) is 10.6. The smallest absolute Gasteiger partial charge is 0.307 e. The number of aryl methyl sites for hydroxylation is 1. The summed E-state index contributed by atoms with van der Waals surface area (Å²) in [6.45, 7) is 2.04. The van der Waals surface area contributed by atoms with Crippen LogP contribution >= 0.6 is 55.1 Å². The van der Waals surface area contributed by atoms with Crippen molar-refractivity contribution < 1.29 is 13.9 Å². The number of hydrogen-bond acceptors (Lipinski definition) is 4. The van der Waals surface area contributed by atoms with Crippen LogP contribution in [0.2, 0.25) is 10.0 Å². The van der Waals surface area contributed by atoms with E-state index in [0.717, 1.165) is 11.1 Å². The predicted molar refractivity (Wildman–Crippen MR) is 121 cm³/mol. The Hall–Kier alpha value is -1.80. The number of ether oxygens (including phenoxy) is 1. The van der Waals surface area contributed by atoms with Gasteiger partial charge < -0.3 is 9.15 Å². The maximum absolute atomic E-state index is 11.9. The Morgan fingerprint density at radius 2 is 1.90 bits per heavy atom. The highest BCUT2D eigenvalue weighted by atomic mass is 79.9. The van der Waals surface area contributed by atoms with Crippen molar-refractivity contribution in [2.45, 2.75) is 13.5 Å². The second-order valence-corrected chi connectivity index (χ2v) is 8.50. The quantitative estimate of drug-likeness (QED) is 0.267. The monoisotopic (exact) mass is 558 g/mol. The third-order valence-corrected chi connectivity index (χ3v) is 5.52. The molecule has 1 N–H and O–H groups in total. The average Bonchev–Trinajstić information content (AvgIpc) is 3.09. The van der Waals surface area contributed by atoms with Gasteiger partial charge in [-0.05, 0) is 80.7 Å². The second-order valence-electron chi connectivity index (χ2n) is 5.95. The molecule has 1 amide bonds. The van der Waals surface area contributed by atoms with E-state index in [-0.39, 0.29) is 12.4 Å². The van der Waals surface area contributed by atoms with Crippen LogP contribution in [0.15, 0.2) is 60.9 Å². The number of hydrogen-bond donors (Lipinski definition) is 1. The first-order chi connectivity index (χ1) is 13.8. The summed E-state index contributed by atoms with van der Waals surface area (Å²) in [6, 6.07) is 12.2. The summed E-state index contributed by atoms with van der Waals surface area (Å²) in [5.41, 5.74) is 3.98. The summed E-state index contributed by atoms with van der Waals surface area (Å²) in [5, 5.41) is 5.06. The molecule has 3 aromatic rings. The Morgan fingerprint density at radius 3 is 2.52 bits per heavy atom. The van der Waals surface area contributed by atoms with E-state index in [1.54, 1.807) is 31.2 Å². The van der Waals surface area contributed by atoms with Crippen LogP contribution < -0.4 is 10.2 Å². The molecule has 0 aliphatic heterocycles. The van der Waals surface area contributed by atoms with E-state index in [1.807, 2.05) is 18.2 Å². The molecule has 2 aromatic carbocycles. The highest BCUT2D eigenvalue weighted by Gasteiger charge is 2.11. The zero-order chi connectivity index (χ0) is 21.0. The average molecular weight is 561 g/mol. The number of amides is 1. The van der Waals surface area contributed by atoms with Crippen molar-refractivity contribution in [2.75, 3.05) is 0 Å². The van der Waals surface area contributed by atoms with Crippen molar-refractivity contribution in [1.29, 1.82) is 0 Å². The van der Waals surface area contributed by atoms with Crippen molar-refractivity contribution >= 4 is 67.2 Å². The molecule has 9 heteroatoms. The summed E-state index contributed by atoms with van der Waals surface area (Å²) < 4.78 is 12.6. The normalized spacial score (nSPS) is 11.1. The molecule has 0 spiro atoms. The van der Waals surface area contributed by atoms with Gasteiger partial charge in [-0.1, -0.05) is 29.3 Å². The molecule has 0 unspecified atom stereocenters. The number of rotatable bonds is 6. The van der Waals surface area contributed by atoms with E-state index in [4.69, 9.17) is 32.4 Å². The maximum atomic E-state index is 11.9. The Labute approximate surface area is 194 Å². The van der Waals surface area contributed by atoms with Crippen LogP contribution in [0, 0.1) is 6.92 Å². The molecular formula is C20H14Br2Cl2N2O3. The lowest BCUT2D eigenvalue weighted by Crippen LogP contribution is -2.16. The van der Waals surface area contributed by atoms with Crippen LogP contribution in [0.3, 0.4) is 0 Å². The van der Waals surface area contributed by atoms with Crippen molar-refractivity contribution in [3.63, 3.8) is 0 Å². The number of nitrogens with zero attached hydrogens (tertiary/aromatic N) is 1. The fourth-order valence-electron chi connectivity index (χ4n) is 2.36. The van der Waals surface area contributed by atoms with Crippen LogP contribution in [-0.4, -0.2) is 12.1 Å². The molecule has 1 heterocycles. The third-order valence-electron chi connectivity index (χ3n) is 3.75. The number of carbonyl (C=O) groups excluding carboxylic acids is 1.